The first-order valence-corrected chi connectivity index (χ1v) is 7.32. The van der Waals surface area contributed by atoms with Crippen LogP contribution < -0.4 is 11.3 Å². The van der Waals surface area contributed by atoms with Crippen LogP contribution in [0, 0.1) is 0 Å². The van der Waals surface area contributed by atoms with Crippen LogP contribution in [-0.2, 0) is 0 Å². The first-order valence-electron chi connectivity index (χ1n) is 6.53. The topological polar surface area (TPSA) is 63.8 Å². The molecule has 1 saturated carbocycles. The highest BCUT2D eigenvalue weighted by Gasteiger charge is 2.23. The lowest BCUT2D eigenvalue weighted by molar-refractivity contribution is 0.678. The predicted molar refractivity (Wildman–Crippen MR) is 79.7 cm³/mol. The molecule has 2 aromatic rings. The number of hydrogen-bond donors (Lipinski definition) is 2. The van der Waals surface area contributed by atoms with Gasteiger partial charge >= 0.3 is 0 Å². The molecule has 1 aromatic heterocycles. The lowest BCUT2D eigenvalue weighted by Gasteiger charge is -2.07. The second kappa shape index (κ2) is 4.89. The van der Waals surface area contributed by atoms with E-state index in [2.05, 4.69) is 21.0 Å². The third-order valence-corrected chi connectivity index (χ3v) is 4.28. The number of aromatic amines is 1. The first kappa shape index (κ1) is 12.5. The Labute approximate surface area is 119 Å². The van der Waals surface area contributed by atoms with Crippen molar-refractivity contribution in [2.45, 2.75) is 31.6 Å². The Morgan fingerprint density at radius 3 is 2.74 bits per heavy atom. The van der Waals surface area contributed by atoms with Gasteiger partial charge in [-0.3, -0.25) is 9.89 Å². The molecule has 100 valence electrons. The summed E-state index contributed by atoms with van der Waals surface area (Å²) in [5, 5.41) is 3.19. The summed E-state index contributed by atoms with van der Waals surface area (Å²) < 4.78 is 2.47. The summed E-state index contributed by atoms with van der Waals surface area (Å²) in [5.41, 5.74) is 7.90. The Bertz CT molecular complexity index is 653. The molecule has 3 rings (SSSR count). The van der Waals surface area contributed by atoms with Crippen molar-refractivity contribution in [3.05, 3.63) is 44.8 Å². The number of aromatic nitrogens is 2. The van der Waals surface area contributed by atoms with E-state index in [1.165, 1.54) is 17.5 Å². The van der Waals surface area contributed by atoms with E-state index in [1.807, 2.05) is 24.3 Å². The normalized spacial score (nSPS) is 16.1. The molecule has 3 N–H and O–H groups in total. The van der Waals surface area contributed by atoms with Crippen LogP contribution >= 0.6 is 15.9 Å². The minimum Gasteiger partial charge on any atom is -0.393 e. The Hall–Kier alpha value is -1.49. The van der Waals surface area contributed by atoms with Crippen LogP contribution in [0.25, 0.3) is 5.69 Å². The average molecular weight is 322 g/mol. The number of H-pyrrole nitrogens is 1. The van der Waals surface area contributed by atoms with Crippen LogP contribution in [0.3, 0.4) is 0 Å². The van der Waals surface area contributed by atoms with Gasteiger partial charge < -0.3 is 5.73 Å². The van der Waals surface area contributed by atoms with Crippen molar-refractivity contribution in [3.8, 4) is 5.69 Å². The number of hydrogen-bond acceptors (Lipinski definition) is 2. The second-order valence-corrected chi connectivity index (χ2v) is 5.96. The molecule has 4 nitrogen and oxygen atoms in total. The van der Waals surface area contributed by atoms with Crippen molar-refractivity contribution in [1.82, 2.24) is 9.78 Å². The fourth-order valence-electron chi connectivity index (χ4n) is 2.79. The number of nitrogen functional groups attached to an aromatic ring is 1. The van der Waals surface area contributed by atoms with Crippen molar-refractivity contribution in [2.75, 3.05) is 5.73 Å². The summed E-state index contributed by atoms with van der Waals surface area (Å²) in [5.74, 6) is 0.404. The number of rotatable bonds is 2. The second-order valence-electron chi connectivity index (χ2n) is 5.04. The Morgan fingerprint density at radius 1 is 1.32 bits per heavy atom. The van der Waals surface area contributed by atoms with Gasteiger partial charge in [0.15, 0.2) is 0 Å². The molecule has 0 aliphatic heterocycles. The van der Waals surface area contributed by atoms with Crippen LogP contribution in [0.2, 0.25) is 0 Å². The molecular weight excluding hydrogens is 306 g/mol. The zero-order valence-corrected chi connectivity index (χ0v) is 12.1. The summed E-state index contributed by atoms with van der Waals surface area (Å²) >= 11 is 3.42. The van der Waals surface area contributed by atoms with Gasteiger partial charge in [0.25, 0.3) is 5.56 Å². The third kappa shape index (κ3) is 2.23. The van der Waals surface area contributed by atoms with Gasteiger partial charge in [-0.25, -0.2) is 4.68 Å². The standard InChI is InChI=1S/C14H16BrN3O/c15-10-6-3-7-11(8-10)18-14(19)12(16)13(17-18)9-4-1-2-5-9/h3,6-9,17H,1-2,4-5,16H2. The molecule has 0 amide bonds. The molecule has 5 heteroatoms. The average Bonchev–Trinajstić information content (AvgIpc) is 3.00. The summed E-state index contributed by atoms with van der Waals surface area (Å²) in [4.78, 5) is 12.2. The molecular formula is C14H16BrN3O. The van der Waals surface area contributed by atoms with Crippen LogP contribution in [0.1, 0.15) is 37.3 Å². The molecule has 1 heterocycles. The van der Waals surface area contributed by atoms with E-state index in [4.69, 9.17) is 5.73 Å². The first-order chi connectivity index (χ1) is 9.16. The van der Waals surface area contributed by atoms with E-state index >= 15 is 0 Å². The van der Waals surface area contributed by atoms with Crippen molar-refractivity contribution in [2.24, 2.45) is 0 Å². The smallest absolute Gasteiger partial charge is 0.294 e. The number of anilines is 1. The van der Waals surface area contributed by atoms with E-state index in [9.17, 15) is 4.79 Å². The molecule has 19 heavy (non-hydrogen) atoms. The summed E-state index contributed by atoms with van der Waals surface area (Å²) in [7, 11) is 0. The highest BCUT2D eigenvalue weighted by Crippen LogP contribution is 2.35. The van der Waals surface area contributed by atoms with Crippen molar-refractivity contribution in [3.63, 3.8) is 0 Å². The Morgan fingerprint density at radius 2 is 2.05 bits per heavy atom. The maximum atomic E-state index is 12.2. The molecule has 1 fully saturated rings. The number of nitrogens with one attached hydrogen (secondary N) is 1. The molecule has 0 saturated heterocycles. The van der Waals surface area contributed by atoms with E-state index in [0.29, 0.717) is 11.6 Å². The molecule has 0 atom stereocenters. The Kier molecular flexibility index (Phi) is 3.22. The lowest BCUT2D eigenvalue weighted by atomic mass is 10.0. The van der Waals surface area contributed by atoms with Gasteiger partial charge in [0.05, 0.1) is 11.4 Å². The van der Waals surface area contributed by atoms with Gasteiger partial charge in [0.2, 0.25) is 0 Å². The lowest BCUT2D eigenvalue weighted by Crippen LogP contribution is -2.16. The molecule has 1 aromatic carbocycles. The largest absolute Gasteiger partial charge is 0.393 e. The number of benzene rings is 1. The van der Waals surface area contributed by atoms with E-state index < -0.39 is 0 Å². The summed E-state index contributed by atoms with van der Waals surface area (Å²) in [6, 6.07) is 7.62. The molecule has 0 bridgehead atoms. The zero-order chi connectivity index (χ0) is 13.4. The molecule has 0 unspecified atom stereocenters. The van der Waals surface area contributed by atoms with Crippen LogP contribution in [0.5, 0.6) is 0 Å². The minimum atomic E-state index is -0.153. The van der Waals surface area contributed by atoms with Crippen molar-refractivity contribution in [1.29, 1.82) is 0 Å². The fourth-order valence-corrected chi connectivity index (χ4v) is 3.18. The molecule has 1 aliphatic rings. The minimum absolute atomic E-state index is 0.153. The molecule has 0 spiro atoms. The van der Waals surface area contributed by atoms with Gasteiger partial charge in [-0.05, 0) is 31.0 Å². The van der Waals surface area contributed by atoms with E-state index in [-0.39, 0.29) is 5.56 Å². The van der Waals surface area contributed by atoms with Gasteiger partial charge in [-0.2, -0.15) is 0 Å². The van der Waals surface area contributed by atoms with Crippen LogP contribution in [0.4, 0.5) is 5.69 Å². The number of nitrogens with zero attached hydrogens (tertiary/aromatic N) is 1. The maximum absolute atomic E-state index is 12.2. The SMILES string of the molecule is Nc1c(C2CCCC2)[nH]n(-c2cccc(Br)c2)c1=O. The third-order valence-electron chi connectivity index (χ3n) is 3.79. The van der Waals surface area contributed by atoms with Gasteiger partial charge in [0, 0.05) is 10.4 Å². The number of nitrogens with two attached hydrogens (primary N) is 1. The monoisotopic (exact) mass is 321 g/mol. The molecule has 0 radical (unpaired) electrons. The fraction of sp³-hybridized carbons (Fsp3) is 0.357. The highest BCUT2D eigenvalue weighted by atomic mass is 79.9. The quantitative estimate of drug-likeness (QED) is 0.892. The maximum Gasteiger partial charge on any atom is 0.294 e. The number of halogens is 1. The van der Waals surface area contributed by atoms with Crippen LogP contribution in [0.15, 0.2) is 33.5 Å². The predicted octanol–water partition coefficient (Wildman–Crippen LogP) is 3.17. The molecule has 1 aliphatic carbocycles. The van der Waals surface area contributed by atoms with Crippen molar-refractivity contribution < 1.29 is 0 Å². The van der Waals surface area contributed by atoms with E-state index in [1.54, 1.807) is 0 Å². The van der Waals surface area contributed by atoms with Crippen LogP contribution in [-0.4, -0.2) is 9.78 Å². The van der Waals surface area contributed by atoms with Crippen molar-refractivity contribution >= 4 is 21.6 Å². The summed E-state index contributed by atoms with van der Waals surface area (Å²) in [6.45, 7) is 0. The zero-order valence-electron chi connectivity index (χ0n) is 10.5. The van der Waals surface area contributed by atoms with Gasteiger partial charge in [0.1, 0.15) is 5.69 Å². The van der Waals surface area contributed by atoms with E-state index in [0.717, 1.165) is 28.7 Å². The summed E-state index contributed by atoms with van der Waals surface area (Å²) in [6.07, 6.45) is 4.66. The van der Waals surface area contributed by atoms with Gasteiger partial charge in [-0.15, -0.1) is 0 Å². The van der Waals surface area contributed by atoms with Gasteiger partial charge in [-0.1, -0.05) is 34.8 Å². The Balaban J connectivity index is 2.08. The highest BCUT2D eigenvalue weighted by molar-refractivity contribution is 9.10.